The lowest BCUT2D eigenvalue weighted by atomic mass is 10.1. The molecule has 0 amide bonds. The molecule has 0 aliphatic heterocycles. The molecule has 0 aromatic rings. The van der Waals surface area contributed by atoms with Crippen molar-refractivity contribution >= 4 is 19.8 Å². The molecule has 2 atom stereocenters. The van der Waals surface area contributed by atoms with Crippen LogP contribution in [0, 0.1) is 0 Å². The van der Waals surface area contributed by atoms with Gasteiger partial charge in [-0.15, -0.1) is 0 Å². The second-order valence-electron chi connectivity index (χ2n) is 12.4. The summed E-state index contributed by atoms with van der Waals surface area (Å²) in [6.07, 6.45) is 48.7. The molecule has 10 heteroatoms. The van der Waals surface area contributed by atoms with E-state index in [4.69, 9.17) is 24.3 Å². The number of nitrogens with two attached hydrogens (primary N) is 1. The Morgan fingerprint density at radius 2 is 1.04 bits per heavy atom. The fourth-order valence-corrected chi connectivity index (χ4v) is 5.32. The summed E-state index contributed by atoms with van der Waals surface area (Å²) < 4.78 is 32.6. The topological polar surface area (TPSA) is 134 Å². The Hall–Kier alpha value is -3.07. The normalized spacial score (nSPS) is 14.4. The molecule has 0 aromatic carbocycles. The first-order valence-corrected chi connectivity index (χ1v) is 21.2. The summed E-state index contributed by atoms with van der Waals surface area (Å²) in [6.45, 7) is 3.42. The highest BCUT2D eigenvalue weighted by Crippen LogP contribution is 2.43. The van der Waals surface area contributed by atoms with Gasteiger partial charge in [-0.25, -0.2) is 4.57 Å². The second-order valence-corrected chi connectivity index (χ2v) is 13.9. The third kappa shape index (κ3) is 38.5. The Morgan fingerprint density at radius 3 is 1.55 bits per heavy atom. The van der Waals surface area contributed by atoms with Crippen LogP contribution in [0.15, 0.2) is 97.2 Å². The molecule has 0 rings (SSSR count). The Bertz CT molecular complexity index is 1180. The van der Waals surface area contributed by atoms with Gasteiger partial charge < -0.3 is 20.1 Å². The fraction of sp³-hybridized carbons (Fsp3) is 0.581. The van der Waals surface area contributed by atoms with Crippen LogP contribution in [0.1, 0.15) is 129 Å². The van der Waals surface area contributed by atoms with Crippen molar-refractivity contribution in [3.8, 4) is 0 Å². The third-order valence-electron chi connectivity index (χ3n) is 7.43. The first-order chi connectivity index (χ1) is 25.8. The maximum atomic E-state index is 12.5. The van der Waals surface area contributed by atoms with Gasteiger partial charge in [0, 0.05) is 19.4 Å². The molecule has 1 unspecified atom stereocenters. The molecular weight excluding hydrogens is 689 g/mol. The summed E-state index contributed by atoms with van der Waals surface area (Å²) in [5, 5.41) is 0. The van der Waals surface area contributed by atoms with Gasteiger partial charge >= 0.3 is 19.8 Å². The number of unbranched alkanes of at least 4 members (excludes halogenated alkanes) is 6. The molecule has 0 aromatic heterocycles. The van der Waals surface area contributed by atoms with Gasteiger partial charge in [0.2, 0.25) is 0 Å². The van der Waals surface area contributed by atoms with Gasteiger partial charge in [-0.3, -0.25) is 18.6 Å². The van der Waals surface area contributed by atoms with Crippen LogP contribution in [0.25, 0.3) is 0 Å². The first-order valence-electron chi connectivity index (χ1n) is 19.7. The molecule has 0 saturated heterocycles. The van der Waals surface area contributed by atoms with Crippen molar-refractivity contribution in [1.29, 1.82) is 0 Å². The largest absolute Gasteiger partial charge is 0.472 e. The molecule has 0 aliphatic carbocycles. The summed E-state index contributed by atoms with van der Waals surface area (Å²) in [5.41, 5.74) is 5.33. The molecule has 0 bridgehead atoms. The highest BCUT2D eigenvalue weighted by Gasteiger charge is 2.25. The number of hydrogen-bond acceptors (Lipinski definition) is 8. The Kier molecular flexibility index (Phi) is 36.4. The zero-order chi connectivity index (χ0) is 38.9. The molecule has 0 aliphatic rings. The maximum Gasteiger partial charge on any atom is 0.472 e. The standard InChI is InChI=1S/C43H70NO8P/c1-3-5-7-9-11-13-15-17-19-20-22-23-25-27-29-31-33-35-42(45)49-39-41(40-51-53(47,48)50-38-37-44)52-43(46)36-34-32-30-28-26-24-21-18-16-14-12-10-8-6-4-2/h6-9,12-15,18-21,23,25-26,28,41H,3-5,10-11,16-17,22,24,27,29-40,44H2,1-2H3,(H,47,48)/b8-6+,9-7+,14-12+,15-13+,20-19+,21-18+,25-23+,28-26+/t41-/m1/s1. The van der Waals surface area contributed by atoms with Crippen molar-refractivity contribution in [3.63, 3.8) is 0 Å². The van der Waals surface area contributed by atoms with Crippen molar-refractivity contribution in [1.82, 2.24) is 0 Å². The van der Waals surface area contributed by atoms with Crippen molar-refractivity contribution < 1.29 is 37.6 Å². The van der Waals surface area contributed by atoms with Gasteiger partial charge in [0.1, 0.15) is 6.61 Å². The van der Waals surface area contributed by atoms with Crippen LogP contribution in [0.4, 0.5) is 0 Å². The van der Waals surface area contributed by atoms with Crippen LogP contribution in [0.2, 0.25) is 0 Å². The van der Waals surface area contributed by atoms with Crippen molar-refractivity contribution in [2.75, 3.05) is 26.4 Å². The molecule has 9 nitrogen and oxygen atoms in total. The SMILES string of the molecule is CC/C=C/C/C=C/C/C=C/C/C=C/CCCCC(=O)O[C@H](COC(=O)CCCCC/C=C/C/C=C/C/C=C/C/C=C/CCC)COP(=O)(O)OCCN. The Morgan fingerprint density at radius 1 is 0.585 bits per heavy atom. The molecule has 0 saturated carbocycles. The highest BCUT2D eigenvalue weighted by atomic mass is 31.2. The van der Waals surface area contributed by atoms with Crippen molar-refractivity contribution in [2.45, 2.75) is 136 Å². The zero-order valence-corrected chi connectivity index (χ0v) is 33.6. The summed E-state index contributed by atoms with van der Waals surface area (Å²) in [5.74, 6) is -0.927. The second kappa shape index (κ2) is 38.6. The zero-order valence-electron chi connectivity index (χ0n) is 32.7. The van der Waals surface area contributed by atoms with E-state index in [1.807, 2.05) is 0 Å². The van der Waals surface area contributed by atoms with Crippen LogP contribution >= 0.6 is 7.82 Å². The smallest absolute Gasteiger partial charge is 0.462 e. The van der Waals surface area contributed by atoms with Gasteiger partial charge in [0.05, 0.1) is 13.2 Å². The van der Waals surface area contributed by atoms with Gasteiger partial charge in [-0.1, -0.05) is 124 Å². The molecule has 0 fully saturated rings. The molecule has 0 heterocycles. The number of allylic oxidation sites excluding steroid dienone is 16. The lowest BCUT2D eigenvalue weighted by Crippen LogP contribution is -2.29. The highest BCUT2D eigenvalue weighted by molar-refractivity contribution is 7.47. The average Bonchev–Trinajstić information content (AvgIpc) is 3.14. The predicted octanol–water partition coefficient (Wildman–Crippen LogP) is 11.0. The van der Waals surface area contributed by atoms with E-state index >= 15 is 0 Å². The maximum absolute atomic E-state index is 12.5. The van der Waals surface area contributed by atoms with Gasteiger partial charge in [0.15, 0.2) is 6.10 Å². The molecular formula is C43H70NO8P. The minimum absolute atomic E-state index is 0.0360. The summed E-state index contributed by atoms with van der Waals surface area (Å²) in [6, 6.07) is 0. The molecule has 3 N–H and O–H groups in total. The summed E-state index contributed by atoms with van der Waals surface area (Å²) >= 11 is 0. The molecule has 53 heavy (non-hydrogen) atoms. The lowest BCUT2D eigenvalue weighted by Gasteiger charge is -2.19. The number of carbonyl (C=O) groups is 2. The number of ether oxygens (including phenoxy) is 2. The Balaban J connectivity index is 4.36. The number of hydrogen-bond donors (Lipinski definition) is 2. The van der Waals surface area contributed by atoms with E-state index in [0.29, 0.717) is 12.8 Å². The van der Waals surface area contributed by atoms with Crippen LogP contribution < -0.4 is 5.73 Å². The van der Waals surface area contributed by atoms with E-state index in [-0.39, 0.29) is 32.6 Å². The quantitative estimate of drug-likeness (QED) is 0.0280. The molecule has 300 valence electrons. The van der Waals surface area contributed by atoms with Crippen molar-refractivity contribution in [3.05, 3.63) is 97.2 Å². The number of esters is 2. The number of carbonyl (C=O) groups excluding carboxylic acids is 2. The van der Waals surface area contributed by atoms with E-state index in [1.54, 1.807) is 0 Å². The van der Waals surface area contributed by atoms with Gasteiger partial charge in [0.25, 0.3) is 0 Å². The van der Waals surface area contributed by atoms with E-state index < -0.39 is 32.5 Å². The van der Waals surface area contributed by atoms with Crippen LogP contribution in [-0.2, 0) is 32.7 Å². The van der Waals surface area contributed by atoms with E-state index in [0.717, 1.165) is 83.5 Å². The minimum Gasteiger partial charge on any atom is -0.462 e. The van der Waals surface area contributed by atoms with E-state index in [2.05, 4.69) is 111 Å². The van der Waals surface area contributed by atoms with Crippen LogP contribution in [-0.4, -0.2) is 49.3 Å². The third-order valence-corrected chi connectivity index (χ3v) is 8.42. The van der Waals surface area contributed by atoms with Crippen LogP contribution in [0.3, 0.4) is 0 Å². The molecule has 0 radical (unpaired) electrons. The van der Waals surface area contributed by atoms with Gasteiger partial charge in [-0.2, -0.15) is 0 Å². The summed E-state index contributed by atoms with van der Waals surface area (Å²) in [4.78, 5) is 34.8. The monoisotopic (exact) mass is 759 g/mol. The number of phosphoric ester groups is 1. The van der Waals surface area contributed by atoms with Crippen molar-refractivity contribution in [2.24, 2.45) is 5.73 Å². The lowest BCUT2D eigenvalue weighted by molar-refractivity contribution is -0.161. The Labute approximate surface area is 321 Å². The number of phosphoric acid groups is 1. The predicted molar refractivity (Wildman–Crippen MR) is 219 cm³/mol. The fourth-order valence-electron chi connectivity index (χ4n) is 4.55. The number of rotatable bonds is 35. The van der Waals surface area contributed by atoms with Gasteiger partial charge in [-0.05, 0) is 89.9 Å². The average molecular weight is 760 g/mol. The van der Waals surface area contributed by atoms with E-state index in [9.17, 15) is 19.0 Å². The minimum atomic E-state index is -4.40. The molecule has 0 spiro atoms. The summed E-state index contributed by atoms with van der Waals surface area (Å²) in [7, 11) is -4.40. The first kappa shape index (κ1) is 49.9. The van der Waals surface area contributed by atoms with E-state index in [1.165, 1.54) is 6.42 Å². The van der Waals surface area contributed by atoms with Crippen LogP contribution in [0.5, 0.6) is 0 Å².